The van der Waals surface area contributed by atoms with Gasteiger partial charge < -0.3 is 15.3 Å². The molecule has 0 unspecified atom stereocenters. The summed E-state index contributed by atoms with van der Waals surface area (Å²) < 4.78 is 0. The first-order valence-electron chi connectivity index (χ1n) is 7.29. The Bertz CT molecular complexity index is 624. The van der Waals surface area contributed by atoms with Crippen molar-refractivity contribution in [2.45, 2.75) is 19.4 Å². The molecule has 1 aliphatic rings. The molecular weight excluding hydrogens is 284 g/mol. The molecule has 2 N–H and O–H groups in total. The fraction of sp³-hybridized carbons (Fsp3) is 0.294. The molecule has 1 aliphatic heterocycles. The van der Waals surface area contributed by atoms with E-state index < -0.39 is 0 Å². The summed E-state index contributed by atoms with van der Waals surface area (Å²) in [7, 11) is 0. The third-order valence-corrected chi connectivity index (χ3v) is 4.08. The van der Waals surface area contributed by atoms with Gasteiger partial charge in [-0.25, -0.2) is 0 Å². The van der Waals surface area contributed by atoms with E-state index in [0.717, 1.165) is 24.3 Å². The van der Waals surface area contributed by atoms with Crippen molar-refractivity contribution in [1.29, 1.82) is 0 Å². The largest absolute Gasteiger partial charge is 0.508 e. The molecular formula is C17H19ClN2O. The van der Waals surface area contributed by atoms with Crippen LogP contribution >= 0.6 is 11.6 Å². The summed E-state index contributed by atoms with van der Waals surface area (Å²) in [6, 6.07) is 13.5. The number of anilines is 2. The third kappa shape index (κ3) is 3.42. The first-order chi connectivity index (χ1) is 10.2. The molecule has 3 nitrogen and oxygen atoms in total. The molecule has 0 amide bonds. The van der Waals surface area contributed by atoms with Gasteiger partial charge in [-0.2, -0.15) is 0 Å². The summed E-state index contributed by atoms with van der Waals surface area (Å²) in [6.45, 7) is 2.83. The second-order valence-electron chi connectivity index (χ2n) is 5.37. The Morgan fingerprint density at radius 3 is 2.71 bits per heavy atom. The van der Waals surface area contributed by atoms with Crippen LogP contribution in [0.1, 0.15) is 18.4 Å². The number of aromatic hydroxyl groups is 1. The quantitative estimate of drug-likeness (QED) is 0.886. The maximum atomic E-state index is 9.83. The molecule has 1 saturated heterocycles. The van der Waals surface area contributed by atoms with Gasteiger partial charge in [-0.1, -0.05) is 17.7 Å². The lowest BCUT2D eigenvalue weighted by Gasteiger charge is -2.18. The first kappa shape index (κ1) is 14.1. The zero-order valence-corrected chi connectivity index (χ0v) is 12.6. The van der Waals surface area contributed by atoms with Crippen molar-refractivity contribution in [2.24, 2.45) is 0 Å². The minimum Gasteiger partial charge on any atom is -0.508 e. The highest BCUT2D eigenvalue weighted by molar-refractivity contribution is 6.30. The molecule has 110 valence electrons. The Morgan fingerprint density at radius 1 is 1.10 bits per heavy atom. The Balaban J connectivity index is 1.70. The van der Waals surface area contributed by atoms with E-state index in [9.17, 15) is 5.11 Å². The molecule has 2 aromatic rings. The second kappa shape index (κ2) is 6.27. The highest BCUT2D eigenvalue weighted by Crippen LogP contribution is 2.25. The minimum atomic E-state index is 0.266. The van der Waals surface area contributed by atoms with Crippen LogP contribution in [0.2, 0.25) is 5.02 Å². The summed E-state index contributed by atoms with van der Waals surface area (Å²) in [4.78, 5) is 2.40. The molecule has 2 aromatic carbocycles. The number of hydrogen-bond acceptors (Lipinski definition) is 3. The van der Waals surface area contributed by atoms with Crippen molar-refractivity contribution in [3.8, 4) is 5.75 Å². The lowest BCUT2D eigenvalue weighted by molar-refractivity contribution is 0.469. The van der Waals surface area contributed by atoms with Crippen LogP contribution in [-0.2, 0) is 6.54 Å². The minimum absolute atomic E-state index is 0.266. The molecule has 0 atom stereocenters. The zero-order valence-electron chi connectivity index (χ0n) is 11.8. The normalized spacial score (nSPS) is 14.4. The standard InChI is InChI=1S/C17H19ClN2O/c18-14-6-7-17(21)13(10-14)12-19-15-4-3-5-16(11-15)20-8-1-2-9-20/h3-7,10-11,19,21H,1-2,8-9,12H2. The molecule has 3 rings (SSSR count). The number of halogens is 1. The van der Waals surface area contributed by atoms with Crippen molar-refractivity contribution in [3.05, 3.63) is 53.1 Å². The van der Waals surface area contributed by atoms with E-state index in [4.69, 9.17) is 11.6 Å². The van der Waals surface area contributed by atoms with Crippen molar-refractivity contribution in [1.82, 2.24) is 0 Å². The molecule has 4 heteroatoms. The summed E-state index contributed by atoms with van der Waals surface area (Å²) >= 11 is 5.96. The lowest BCUT2D eigenvalue weighted by Crippen LogP contribution is -2.17. The van der Waals surface area contributed by atoms with Gasteiger partial charge in [-0.15, -0.1) is 0 Å². The van der Waals surface area contributed by atoms with E-state index in [1.165, 1.54) is 18.5 Å². The van der Waals surface area contributed by atoms with E-state index in [0.29, 0.717) is 11.6 Å². The number of phenolic OH excluding ortho intramolecular Hbond substituents is 1. The maximum absolute atomic E-state index is 9.83. The summed E-state index contributed by atoms with van der Waals surface area (Å²) in [5, 5.41) is 13.8. The number of rotatable bonds is 4. The molecule has 1 heterocycles. The summed E-state index contributed by atoms with van der Waals surface area (Å²) in [6.07, 6.45) is 2.54. The monoisotopic (exact) mass is 302 g/mol. The zero-order chi connectivity index (χ0) is 14.7. The molecule has 1 fully saturated rings. The van der Waals surface area contributed by atoms with Gasteiger partial charge in [0.1, 0.15) is 5.75 Å². The van der Waals surface area contributed by atoms with E-state index in [-0.39, 0.29) is 5.75 Å². The van der Waals surface area contributed by atoms with E-state index in [1.807, 2.05) is 6.07 Å². The Labute approximate surface area is 130 Å². The number of phenols is 1. The second-order valence-corrected chi connectivity index (χ2v) is 5.81. The van der Waals surface area contributed by atoms with Crippen LogP contribution in [0.5, 0.6) is 5.75 Å². The molecule has 0 radical (unpaired) electrons. The third-order valence-electron chi connectivity index (χ3n) is 3.84. The average molecular weight is 303 g/mol. The Hall–Kier alpha value is -1.87. The van der Waals surface area contributed by atoms with E-state index in [2.05, 4.69) is 28.4 Å². The SMILES string of the molecule is Oc1ccc(Cl)cc1CNc1cccc(N2CCCC2)c1. The van der Waals surface area contributed by atoms with Crippen LogP contribution < -0.4 is 10.2 Å². The fourth-order valence-corrected chi connectivity index (χ4v) is 2.88. The fourth-order valence-electron chi connectivity index (χ4n) is 2.68. The van der Waals surface area contributed by atoms with Crippen LogP contribution in [0.4, 0.5) is 11.4 Å². The number of hydrogen-bond donors (Lipinski definition) is 2. The van der Waals surface area contributed by atoms with Crippen LogP contribution in [-0.4, -0.2) is 18.2 Å². The van der Waals surface area contributed by atoms with Crippen molar-refractivity contribution in [2.75, 3.05) is 23.3 Å². The smallest absolute Gasteiger partial charge is 0.120 e. The molecule has 21 heavy (non-hydrogen) atoms. The summed E-state index contributed by atoms with van der Waals surface area (Å²) in [5.41, 5.74) is 3.11. The Kier molecular flexibility index (Phi) is 4.20. The Morgan fingerprint density at radius 2 is 1.90 bits per heavy atom. The van der Waals surface area contributed by atoms with Crippen molar-refractivity contribution in [3.63, 3.8) is 0 Å². The molecule has 0 saturated carbocycles. The highest BCUT2D eigenvalue weighted by atomic mass is 35.5. The lowest BCUT2D eigenvalue weighted by atomic mass is 10.2. The van der Waals surface area contributed by atoms with Crippen molar-refractivity contribution < 1.29 is 5.11 Å². The number of benzene rings is 2. The van der Waals surface area contributed by atoms with E-state index in [1.54, 1.807) is 18.2 Å². The molecule has 0 aromatic heterocycles. The van der Waals surface area contributed by atoms with Gasteiger partial charge in [0, 0.05) is 41.6 Å². The van der Waals surface area contributed by atoms with Gasteiger partial charge in [-0.05, 0) is 49.2 Å². The molecule has 0 bridgehead atoms. The van der Waals surface area contributed by atoms with Gasteiger partial charge in [0.05, 0.1) is 0 Å². The van der Waals surface area contributed by atoms with Gasteiger partial charge >= 0.3 is 0 Å². The predicted octanol–water partition coefficient (Wildman–Crippen LogP) is 4.26. The van der Waals surface area contributed by atoms with Gasteiger partial charge in [0.25, 0.3) is 0 Å². The van der Waals surface area contributed by atoms with Crippen LogP contribution in [0.25, 0.3) is 0 Å². The van der Waals surface area contributed by atoms with Crippen molar-refractivity contribution >= 4 is 23.0 Å². The number of nitrogens with zero attached hydrogens (tertiary/aromatic N) is 1. The number of nitrogens with one attached hydrogen (secondary N) is 1. The first-order valence-corrected chi connectivity index (χ1v) is 7.66. The molecule has 0 aliphatic carbocycles. The van der Waals surface area contributed by atoms with E-state index >= 15 is 0 Å². The van der Waals surface area contributed by atoms with Gasteiger partial charge in [0.15, 0.2) is 0 Å². The molecule has 0 spiro atoms. The van der Waals surface area contributed by atoms with Gasteiger partial charge in [0.2, 0.25) is 0 Å². The average Bonchev–Trinajstić information content (AvgIpc) is 3.03. The highest BCUT2D eigenvalue weighted by Gasteiger charge is 2.12. The van der Waals surface area contributed by atoms with Crippen LogP contribution in [0.3, 0.4) is 0 Å². The topological polar surface area (TPSA) is 35.5 Å². The summed E-state index contributed by atoms with van der Waals surface area (Å²) in [5.74, 6) is 0.266. The predicted molar refractivity (Wildman–Crippen MR) is 88.3 cm³/mol. The van der Waals surface area contributed by atoms with Gasteiger partial charge in [-0.3, -0.25) is 0 Å². The maximum Gasteiger partial charge on any atom is 0.120 e. The van der Waals surface area contributed by atoms with Crippen LogP contribution in [0.15, 0.2) is 42.5 Å². The van der Waals surface area contributed by atoms with Crippen LogP contribution in [0, 0.1) is 0 Å².